The predicted molar refractivity (Wildman–Crippen MR) is 140 cm³/mol. The molecule has 0 saturated carbocycles. The first-order chi connectivity index (χ1) is 17.5. The van der Waals surface area contributed by atoms with Crippen molar-refractivity contribution in [2.75, 3.05) is 32.6 Å². The van der Waals surface area contributed by atoms with Crippen molar-refractivity contribution in [1.29, 1.82) is 0 Å². The second kappa shape index (κ2) is 10.7. The molecule has 37 heavy (non-hydrogen) atoms. The van der Waals surface area contributed by atoms with E-state index in [2.05, 4.69) is 34.1 Å². The Morgan fingerprint density at radius 3 is 2.46 bits per heavy atom. The largest absolute Gasteiger partial charge is 0.379 e. The number of hydroxylamine groups is 1. The first-order valence-electron chi connectivity index (χ1n) is 12.1. The van der Waals surface area contributed by atoms with E-state index in [1.165, 1.54) is 28.9 Å². The minimum absolute atomic E-state index is 0.0653. The second-order valence-electron chi connectivity index (χ2n) is 9.66. The first-order valence-corrected chi connectivity index (χ1v) is 14.0. The molecule has 4 rings (SSSR count). The van der Waals surface area contributed by atoms with Gasteiger partial charge in [0.25, 0.3) is 11.5 Å². The highest BCUT2D eigenvalue weighted by atomic mass is 32.2. The van der Waals surface area contributed by atoms with Crippen LogP contribution in [0.4, 0.5) is 0 Å². The van der Waals surface area contributed by atoms with Crippen molar-refractivity contribution in [2.24, 2.45) is 0 Å². The van der Waals surface area contributed by atoms with E-state index in [1.54, 1.807) is 6.07 Å². The molecule has 0 bridgehead atoms. The van der Waals surface area contributed by atoms with Crippen LogP contribution < -0.4 is 11.0 Å². The minimum atomic E-state index is -3.87. The van der Waals surface area contributed by atoms with Crippen LogP contribution in [0, 0.1) is 6.92 Å². The monoisotopic (exact) mass is 528 g/mol. The maximum absolute atomic E-state index is 13.2. The number of rotatable bonds is 8. The van der Waals surface area contributed by atoms with Crippen LogP contribution in [0.5, 0.6) is 0 Å². The van der Waals surface area contributed by atoms with E-state index < -0.39 is 20.5 Å². The molecule has 2 N–H and O–H groups in total. The quantitative estimate of drug-likeness (QED) is 0.335. The number of amides is 1. The van der Waals surface area contributed by atoms with Crippen molar-refractivity contribution in [3.8, 4) is 11.1 Å². The molecule has 0 unspecified atom stereocenters. The Bertz CT molecular complexity index is 1460. The number of aromatic nitrogens is 2. The fourth-order valence-electron chi connectivity index (χ4n) is 4.57. The van der Waals surface area contributed by atoms with Gasteiger partial charge in [-0.15, -0.1) is 0 Å². The number of nitrogens with zero attached hydrogens (tertiary/aromatic N) is 3. The third kappa shape index (κ3) is 5.45. The summed E-state index contributed by atoms with van der Waals surface area (Å²) < 4.78 is 29.3. The van der Waals surface area contributed by atoms with Gasteiger partial charge in [-0.05, 0) is 48.6 Å². The Morgan fingerprint density at radius 2 is 1.84 bits per heavy atom. The maximum Gasteiger partial charge on any atom is 0.264 e. The second-order valence-corrected chi connectivity index (χ2v) is 12.1. The lowest BCUT2D eigenvalue weighted by Gasteiger charge is -2.26. The van der Waals surface area contributed by atoms with Crippen molar-refractivity contribution >= 4 is 26.6 Å². The van der Waals surface area contributed by atoms with Crippen LogP contribution in [0.15, 0.2) is 47.5 Å². The van der Waals surface area contributed by atoms with Crippen LogP contribution in [0.1, 0.15) is 24.5 Å². The van der Waals surface area contributed by atoms with Gasteiger partial charge in [-0.25, -0.2) is 18.9 Å². The van der Waals surface area contributed by atoms with Gasteiger partial charge in [0.2, 0.25) is 0 Å². The van der Waals surface area contributed by atoms with Gasteiger partial charge >= 0.3 is 0 Å². The van der Waals surface area contributed by atoms with E-state index in [0.717, 1.165) is 55.8 Å². The van der Waals surface area contributed by atoms with Crippen LogP contribution in [0.3, 0.4) is 0 Å². The number of hydrogen-bond acceptors (Lipinski definition) is 8. The zero-order chi connectivity index (χ0) is 26.8. The van der Waals surface area contributed by atoms with Crippen molar-refractivity contribution in [1.82, 2.24) is 19.9 Å². The lowest BCUT2D eigenvalue weighted by Crippen LogP contribution is -2.50. The highest BCUT2D eigenvalue weighted by Gasteiger charge is 2.43. The van der Waals surface area contributed by atoms with Crippen molar-refractivity contribution < 1.29 is 23.2 Å². The third-order valence-electron chi connectivity index (χ3n) is 7.25. The number of hydrogen-bond donors (Lipinski definition) is 2. The number of ether oxygens (including phenoxy) is 1. The van der Waals surface area contributed by atoms with E-state index in [9.17, 15) is 18.0 Å². The fourth-order valence-corrected chi connectivity index (χ4v) is 5.42. The molecule has 198 valence electrons. The Balaban J connectivity index is 1.58. The number of sulfone groups is 1. The molecule has 2 aromatic carbocycles. The van der Waals surface area contributed by atoms with E-state index in [1.807, 2.05) is 13.0 Å². The maximum atomic E-state index is 13.2. The molecule has 2 heterocycles. The predicted octanol–water partition coefficient (Wildman–Crippen LogP) is 1.90. The summed E-state index contributed by atoms with van der Waals surface area (Å²) in [5.41, 5.74) is 5.73. The van der Waals surface area contributed by atoms with Crippen LogP contribution in [-0.4, -0.2) is 71.3 Å². The zero-order valence-electron chi connectivity index (χ0n) is 21.2. The average Bonchev–Trinajstić information content (AvgIpc) is 2.88. The first kappa shape index (κ1) is 26.9. The highest BCUT2D eigenvalue weighted by Crippen LogP contribution is 2.28. The smallest absolute Gasteiger partial charge is 0.264 e. The summed E-state index contributed by atoms with van der Waals surface area (Å²) in [5, 5.41) is 9.42. The van der Waals surface area contributed by atoms with Gasteiger partial charge in [-0.1, -0.05) is 30.3 Å². The summed E-state index contributed by atoms with van der Waals surface area (Å²) in [6.45, 7) is 7.33. The molecule has 0 spiro atoms. The van der Waals surface area contributed by atoms with Gasteiger partial charge in [-0.3, -0.25) is 24.3 Å². The van der Waals surface area contributed by atoms with Gasteiger partial charge < -0.3 is 4.74 Å². The van der Waals surface area contributed by atoms with Crippen LogP contribution >= 0.6 is 0 Å². The molecular formula is C26H32N4O6S. The van der Waals surface area contributed by atoms with Crippen molar-refractivity contribution in [2.45, 2.75) is 38.1 Å². The van der Waals surface area contributed by atoms with Crippen LogP contribution in [0.25, 0.3) is 22.0 Å². The van der Waals surface area contributed by atoms with Gasteiger partial charge in [0.1, 0.15) is 0 Å². The molecule has 1 aromatic heterocycles. The summed E-state index contributed by atoms with van der Waals surface area (Å²) in [7, 11) is -3.87. The molecule has 3 aromatic rings. The molecule has 1 fully saturated rings. The number of aryl methyl sites for hydroxylation is 2. The number of nitrogens with one attached hydrogen (secondary N) is 1. The molecule has 1 atom stereocenters. The molecule has 0 aliphatic carbocycles. The summed E-state index contributed by atoms with van der Waals surface area (Å²) in [6.07, 6.45) is 2.08. The Kier molecular flexibility index (Phi) is 7.79. The normalized spacial score (nSPS) is 16.4. The molecule has 11 heteroatoms. The van der Waals surface area contributed by atoms with E-state index in [4.69, 9.17) is 9.94 Å². The lowest BCUT2D eigenvalue weighted by molar-refractivity contribution is -0.131. The molecule has 10 nitrogen and oxygen atoms in total. The molecule has 1 saturated heterocycles. The summed E-state index contributed by atoms with van der Waals surface area (Å²) >= 11 is 0. The van der Waals surface area contributed by atoms with E-state index >= 15 is 0 Å². The molecule has 1 aliphatic heterocycles. The number of carbonyl (C=O) groups excluding carboxylic acids is 1. The van der Waals surface area contributed by atoms with E-state index in [0.29, 0.717) is 10.9 Å². The number of carbonyl (C=O) groups is 1. The lowest BCUT2D eigenvalue weighted by atomic mass is 9.97. The molecule has 1 aliphatic rings. The minimum Gasteiger partial charge on any atom is -0.379 e. The van der Waals surface area contributed by atoms with Gasteiger partial charge in [0, 0.05) is 32.4 Å². The van der Waals surface area contributed by atoms with Crippen LogP contribution in [0.2, 0.25) is 0 Å². The number of fused-ring (bicyclic) bond motifs is 1. The topological polar surface area (TPSA) is 131 Å². The van der Waals surface area contributed by atoms with Crippen LogP contribution in [-0.2, 0) is 32.5 Å². The average molecular weight is 529 g/mol. The standard InChI is InChI=1S/C26H32N4O6S/c1-18-21(20-6-4-19(5-7-20)16-29-12-14-36-15-13-29)8-9-22-23(18)27-17-30(24(22)31)11-10-26(2,25(32)28-33)37(3,34)35/h4-9,17,33H,10-16H2,1-3H3,(H,28,32)/t26-/m1/s1. The van der Waals surface area contributed by atoms with Crippen molar-refractivity contribution in [3.63, 3.8) is 0 Å². The summed E-state index contributed by atoms with van der Waals surface area (Å²) in [6, 6.07) is 12.0. The van der Waals surface area contributed by atoms with Gasteiger partial charge in [0.15, 0.2) is 14.6 Å². The van der Waals surface area contributed by atoms with Gasteiger partial charge in [-0.2, -0.15) is 0 Å². The van der Waals surface area contributed by atoms with Crippen molar-refractivity contribution in [3.05, 3.63) is 64.2 Å². The Labute approximate surface area is 215 Å². The summed E-state index contributed by atoms with van der Waals surface area (Å²) in [4.78, 5) is 32.1. The Hall–Kier alpha value is -3.12. The summed E-state index contributed by atoms with van der Waals surface area (Å²) in [5.74, 6) is -1.05. The molecule has 1 amide bonds. The zero-order valence-corrected chi connectivity index (χ0v) is 22.0. The third-order valence-corrected chi connectivity index (χ3v) is 9.28. The van der Waals surface area contributed by atoms with E-state index in [-0.39, 0.29) is 18.5 Å². The molecular weight excluding hydrogens is 496 g/mol. The Morgan fingerprint density at radius 1 is 1.16 bits per heavy atom. The molecule has 0 radical (unpaired) electrons. The SMILES string of the molecule is Cc1c(-c2ccc(CN3CCOCC3)cc2)ccc2c(=O)n(CC[C@](C)(C(=O)NO)S(C)(=O)=O)cnc12. The number of benzene rings is 2. The van der Waals surface area contributed by atoms with Gasteiger partial charge in [0.05, 0.1) is 30.4 Å². The highest BCUT2D eigenvalue weighted by molar-refractivity contribution is 7.92. The fraction of sp³-hybridized carbons (Fsp3) is 0.423. The number of morpholine rings is 1.